The van der Waals surface area contributed by atoms with Crippen LogP contribution in [-0.2, 0) is 15.7 Å². The van der Waals surface area contributed by atoms with E-state index in [0.717, 1.165) is 23.3 Å². The molecule has 1 N–H and O–H groups in total. The molecule has 3 rings (SSSR count). The van der Waals surface area contributed by atoms with Gasteiger partial charge in [-0.25, -0.2) is 9.59 Å². The Morgan fingerprint density at radius 2 is 1.85 bits per heavy atom. The van der Waals surface area contributed by atoms with Crippen LogP contribution in [0.2, 0.25) is 0 Å². The summed E-state index contributed by atoms with van der Waals surface area (Å²) in [6.45, 7) is 7.25. The van der Waals surface area contributed by atoms with Gasteiger partial charge in [-0.2, -0.15) is 13.2 Å². The van der Waals surface area contributed by atoms with Crippen molar-refractivity contribution < 1.29 is 32.2 Å². The van der Waals surface area contributed by atoms with Crippen molar-refractivity contribution in [3.05, 3.63) is 76.0 Å². The van der Waals surface area contributed by atoms with E-state index < -0.39 is 29.8 Å². The third kappa shape index (κ3) is 5.35. The van der Waals surface area contributed by atoms with Gasteiger partial charge in [0.05, 0.1) is 29.5 Å². The van der Waals surface area contributed by atoms with Crippen molar-refractivity contribution >= 4 is 12.0 Å². The highest BCUT2D eigenvalue weighted by Crippen LogP contribution is 2.35. The van der Waals surface area contributed by atoms with Gasteiger partial charge in [0.1, 0.15) is 12.4 Å². The van der Waals surface area contributed by atoms with Crippen LogP contribution in [0.25, 0.3) is 0 Å². The number of rotatable bonds is 7. The monoisotopic (exact) mass is 476 g/mol. The predicted octanol–water partition coefficient (Wildman–Crippen LogP) is 5.30. The summed E-state index contributed by atoms with van der Waals surface area (Å²) in [6.07, 6.45) is -4.52. The van der Waals surface area contributed by atoms with Crippen LogP contribution in [0.5, 0.6) is 5.75 Å². The number of urea groups is 1. The van der Waals surface area contributed by atoms with E-state index in [1.165, 1.54) is 17.0 Å². The molecule has 0 radical (unpaired) electrons. The molecule has 1 aliphatic rings. The van der Waals surface area contributed by atoms with Crippen LogP contribution in [-0.4, -0.2) is 36.7 Å². The number of carbonyl (C=O) groups is 2. The quantitative estimate of drug-likeness (QED) is 0.551. The number of ether oxygens (including phenoxy) is 2. The zero-order valence-corrected chi connectivity index (χ0v) is 19.5. The second kappa shape index (κ2) is 10.2. The molecule has 2 amide bonds. The number of amides is 2. The minimum Gasteiger partial charge on any atom is -0.487 e. The molecule has 0 aliphatic carbocycles. The molecule has 0 bridgehead atoms. The highest BCUT2D eigenvalue weighted by molar-refractivity contribution is 5.95. The van der Waals surface area contributed by atoms with Gasteiger partial charge >= 0.3 is 18.2 Å². The van der Waals surface area contributed by atoms with Crippen molar-refractivity contribution in [2.75, 3.05) is 19.8 Å². The molecule has 0 spiro atoms. The number of halogens is 3. The Kier molecular flexibility index (Phi) is 7.54. The number of carbonyl (C=O) groups excluding carboxylic acids is 2. The van der Waals surface area contributed by atoms with Crippen molar-refractivity contribution in [2.45, 2.75) is 39.9 Å². The average molecular weight is 476 g/mol. The molecule has 6 nitrogen and oxygen atoms in total. The second-order valence-electron chi connectivity index (χ2n) is 7.88. The molecule has 2 aromatic carbocycles. The number of hydrogen-bond donors (Lipinski definition) is 1. The molecule has 34 heavy (non-hydrogen) atoms. The summed E-state index contributed by atoms with van der Waals surface area (Å²) in [6, 6.07) is 8.87. The zero-order valence-electron chi connectivity index (χ0n) is 19.5. The third-order valence-corrected chi connectivity index (χ3v) is 5.52. The van der Waals surface area contributed by atoms with Crippen LogP contribution in [0, 0.1) is 13.8 Å². The molecule has 1 unspecified atom stereocenters. The van der Waals surface area contributed by atoms with E-state index in [1.807, 2.05) is 32.0 Å². The first-order valence-electron chi connectivity index (χ1n) is 10.9. The molecular formula is C25H27F3N2O4. The molecule has 182 valence electrons. The fourth-order valence-corrected chi connectivity index (χ4v) is 3.94. The van der Waals surface area contributed by atoms with Crippen molar-refractivity contribution in [1.29, 1.82) is 0 Å². The smallest absolute Gasteiger partial charge is 0.416 e. The van der Waals surface area contributed by atoms with Gasteiger partial charge in [-0.05, 0) is 57.0 Å². The van der Waals surface area contributed by atoms with E-state index in [0.29, 0.717) is 5.56 Å². The van der Waals surface area contributed by atoms with E-state index in [9.17, 15) is 22.8 Å². The van der Waals surface area contributed by atoms with Gasteiger partial charge in [0, 0.05) is 6.54 Å². The summed E-state index contributed by atoms with van der Waals surface area (Å²) in [4.78, 5) is 27.4. The van der Waals surface area contributed by atoms with Crippen molar-refractivity contribution in [3.8, 4) is 5.75 Å². The van der Waals surface area contributed by atoms with Gasteiger partial charge in [0.25, 0.3) is 0 Å². The van der Waals surface area contributed by atoms with E-state index in [2.05, 4.69) is 5.32 Å². The summed E-state index contributed by atoms with van der Waals surface area (Å²) < 4.78 is 50.3. The Morgan fingerprint density at radius 1 is 1.12 bits per heavy atom. The Morgan fingerprint density at radius 3 is 2.47 bits per heavy atom. The lowest BCUT2D eigenvalue weighted by atomic mass is 9.91. The van der Waals surface area contributed by atoms with Gasteiger partial charge in [-0.3, -0.25) is 4.90 Å². The van der Waals surface area contributed by atoms with Gasteiger partial charge in [0.2, 0.25) is 0 Å². The first-order chi connectivity index (χ1) is 16.1. The Labute approximate surface area is 196 Å². The van der Waals surface area contributed by atoms with Gasteiger partial charge in [-0.15, -0.1) is 0 Å². The largest absolute Gasteiger partial charge is 0.487 e. The number of likely N-dealkylation sites (N-methyl/N-ethyl adjacent to an activating group) is 1. The first-order valence-corrected chi connectivity index (χ1v) is 10.9. The number of benzene rings is 2. The van der Waals surface area contributed by atoms with E-state index in [4.69, 9.17) is 9.47 Å². The molecule has 0 saturated carbocycles. The number of hydrogen-bond acceptors (Lipinski definition) is 4. The lowest BCUT2D eigenvalue weighted by Gasteiger charge is -2.36. The van der Waals surface area contributed by atoms with E-state index in [-0.39, 0.29) is 36.8 Å². The van der Waals surface area contributed by atoms with Crippen LogP contribution in [0.15, 0.2) is 53.7 Å². The normalized spacial score (nSPS) is 16.4. The lowest BCUT2D eigenvalue weighted by Crippen LogP contribution is -2.49. The summed E-state index contributed by atoms with van der Waals surface area (Å²) in [7, 11) is 0. The summed E-state index contributed by atoms with van der Waals surface area (Å²) in [5, 5.41) is 2.86. The fourth-order valence-electron chi connectivity index (χ4n) is 3.94. The highest BCUT2D eigenvalue weighted by Gasteiger charge is 2.38. The van der Waals surface area contributed by atoms with Gasteiger partial charge < -0.3 is 14.8 Å². The molecular weight excluding hydrogens is 449 g/mol. The minimum atomic E-state index is -4.52. The second-order valence-corrected chi connectivity index (χ2v) is 7.88. The molecule has 0 aromatic heterocycles. The lowest BCUT2D eigenvalue weighted by molar-refractivity contribution is -0.139. The number of aryl methyl sites for hydroxylation is 2. The van der Waals surface area contributed by atoms with Gasteiger partial charge in [0.15, 0.2) is 0 Å². The average Bonchev–Trinajstić information content (AvgIpc) is 2.77. The number of nitrogens with one attached hydrogen (secondary N) is 1. The maximum Gasteiger partial charge on any atom is 0.416 e. The summed E-state index contributed by atoms with van der Waals surface area (Å²) in [5.41, 5.74) is 2.18. The molecule has 2 aromatic rings. The van der Waals surface area contributed by atoms with Crippen molar-refractivity contribution in [2.24, 2.45) is 0 Å². The highest BCUT2D eigenvalue weighted by atomic mass is 19.4. The fraction of sp³-hybridized carbons (Fsp3) is 0.360. The first kappa shape index (κ1) is 25.1. The standard InChI is InChI=1S/C25H27F3N2O4/c1-5-30-20(14-34-18-9-7-8-17(13-18)25(26,27)28)21(23(31)33-6-2)22(29-24(30)32)19-11-10-15(3)12-16(19)4/h7-13,22H,5-6,14H2,1-4H3,(H,29,32). The van der Waals surface area contributed by atoms with Crippen LogP contribution in [0.3, 0.4) is 0 Å². The molecule has 0 fully saturated rings. The van der Waals surface area contributed by atoms with E-state index >= 15 is 0 Å². The minimum absolute atomic E-state index is 0.0318. The Hall–Kier alpha value is -3.49. The molecule has 1 aliphatic heterocycles. The van der Waals surface area contributed by atoms with Crippen LogP contribution in [0.4, 0.5) is 18.0 Å². The Bertz CT molecular complexity index is 1110. The van der Waals surface area contributed by atoms with Crippen molar-refractivity contribution in [1.82, 2.24) is 10.2 Å². The SMILES string of the molecule is CCOC(=O)C1=C(COc2cccc(C(F)(F)F)c2)N(CC)C(=O)NC1c1ccc(C)cc1C. The zero-order chi connectivity index (χ0) is 25.0. The van der Waals surface area contributed by atoms with Crippen LogP contribution >= 0.6 is 0 Å². The van der Waals surface area contributed by atoms with Gasteiger partial charge in [-0.1, -0.05) is 29.8 Å². The number of nitrogens with zero attached hydrogens (tertiary/aromatic N) is 1. The summed E-state index contributed by atoms with van der Waals surface area (Å²) >= 11 is 0. The molecule has 9 heteroatoms. The van der Waals surface area contributed by atoms with Crippen LogP contribution in [0.1, 0.15) is 42.1 Å². The number of alkyl halides is 3. The molecule has 1 atom stereocenters. The predicted molar refractivity (Wildman–Crippen MR) is 120 cm³/mol. The maximum absolute atomic E-state index is 13.1. The van der Waals surface area contributed by atoms with Crippen molar-refractivity contribution in [3.63, 3.8) is 0 Å². The topological polar surface area (TPSA) is 67.9 Å². The third-order valence-electron chi connectivity index (χ3n) is 5.52. The Balaban J connectivity index is 2.08. The summed E-state index contributed by atoms with van der Waals surface area (Å²) in [5.74, 6) is -0.663. The van der Waals surface area contributed by atoms with E-state index in [1.54, 1.807) is 13.8 Å². The number of esters is 1. The van der Waals surface area contributed by atoms with Crippen LogP contribution < -0.4 is 10.1 Å². The maximum atomic E-state index is 13.1. The molecule has 0 saturated heterocycles. The molecule has 1 heterocycles.